The fourth-order valence-electron chi connectivity index (χ4n) is 2.77. The van der Waals surface area contributed by atoms with Gasteiger partial charge in [0.05, 0.1) is 12.2 Å². The predicted octanol–water partition coefficient (Wildman–Crippen LogP) is 0.726. The SMILES string of the molecule is CNS(=O)(=O)c1ccc(C(=O)N2C[C@H](CO)c3ccccc32)cn1. The number of carbonyl (C=O) groups excluding carboxylic acids is 1. The maximum absolute atomic E-state index is 12.7. The van der Waals surface area contributed by atoms with E-state index >= 15 is 0 Å². The van der Waals surface area contributed by atoms with Crippen LogP contribution in [0.25, 0.3) is 0 Å². The second kappa shape index (κ2) is 6.31. The molecule has 8 heteroatoms. The fraction of sp³-hybridized carbons (Fsp3) is 0.250. The third-order valence-corrected chi connectivity index (χ3v) is 5.39. The summed E-state index contributed by atoms with van der Waals surface area (Å²) in [4.78, 5) is 18.2. The van der Waals surface area contributed by atoms with Gasteiger partial charge >= 0.3 is 0 Å². The van der Waals surface area contributed by atoms with E-state index in [4.69, 9.17) is 0 Å². The first-order chi connectivity index (χ1) is 11.5. The maximum Gasteiger partial charge on any atom is 0.259 e. The number of aliphatic hydroxyl groups is 1. The number of aliphatic hydroxyl groups excluding tert-OH is 1. The average Bonchev–Trinajstić information content (AvgIpc) is 3.00. The molecule has 0 fully saturated rings. The minimum absolute atomic E-state index is 0.0433. The van der Waals surface area contributed by atoms with Crippen LogP contribution in [0.2, 0.25) is 0 Å². The number of sulfonamides is 1. The second-order valence-corrected chi connectivity index (χ2v) is 7.28. The third-order valence-electron chi connectivity index (χ3n) is 4.06. The van der Waals surface area contributed by atoms with Crippen molar-refractivity contribution in [2.24, 2.45) is 0 Å². The van der Waals surface area contributed by atoms with Crippen molar-refractivity contribution in [2.75, 3.05) is 25.1 Å². The average molecular weight is 347 g/mol. The topological polar surface area (TPSA) is 99.6 Å². The summed E-state index contributed by atoms with van der Waals surface area (Å²) in [7, 11) is -2.34. The molecule has 0 bridgehead atoms. The van der Waals surface area contributed by atoms with Gasteiger partial charge in [0.1, 0.15) is 0 Å². The second-order valence-electron chi connectivity index (χ2n) is 5.45. The Hall–Kier alpha value is -2.29. The number of benzene rings is 1. The molecule has 1 aromatic heterocycles. The Balaban J connectivity index is 1.91. The quantitative estimate of drug-likeness (QED) is 0.849. The number of amides is 1. The summed E-state index contributed by atoms with van der Waals surface area (Å²) in [5.41, 5.74) is 1.97. The molecule has 126 valence electrons. The third kappa shape index (κ3) is 2.79. The number of para-hydroxylation sites is 1. The molecule has 0 radical (unpaired) electrons. The largest absolute Gasteiger partial charge is 0.396 e. The Labute approximate surface area is 140 Å². The molecule has 24 heavy (non-hydrogen) atoms. The zero-order valence-electron chi connectivity index (χ0n) is 13.0. The lowest BCUT2D eigenvalue weighted by Crippen LogP contribution is -2.30. The van der Waals surface area contributed by atoms with Crippen molar-refractivity contribution in [3.63, 3.8) is 0 Å². The van der Waals surface area contributed by atoms with Crippen LogP contribution in [0.4, 0.5) is 5.69 Å². The van der Waals surface area contributed by atoms with Crippen LogP contribution < -0.4 is 9.62 Å². The molecule has 2 aromatic rings. The van der Waals surface area contributed by atoms with Gasteiger partial charge in [0.2, 0.25) is 0 Å². The van der Waals surface area contributed by atoms with E-state index in [1.54, 1.807) is 4.90 Å². The van der Waals surface area contributed by atoms with Gasteiger partial charge in [-0.3, -0.25) is 4.79 Å². The van der Waals surface area contributed by atoms with Gasteiger partial charge in [-0.25, -0.2) is 18.1 Å². The van der Waals surface area contributed by atoms with Gasteiger partial charge in [-0.05, 0) is 30.8 Å². The smallest absolute Gasteiger partial charge is 0.259 e. The highest BCUT2D eigenvalue weighted by Crippen LogP contribution is 2.36. The number of pyridine rings is 1. The number of anilines is 1. The Morgan fingerprint density at radius 3 is 2.71 bits per heavy atom. The van der Waals surface area contributed by atoms with Crippen LogP contribution in [0.3, 0.4) is 0 Å². The van der Waals surface area contributed by atoms with Crippen LogP contribution in [0.15, 0.2) is 47.6 Å². The molecule has 1 amide bonds. The number of nitrogens with one attached hydrogen (secondary N) is 1. The van der Waals surface area contributed by atoms with E-state index in [0.717, 1.165) is 11.3 Å². The highest BCUT2D eigenvalue weighted by molar-refractivity contribution is 7.89. The molecule has 0 saturated heterocycles. The van der Waals surface area contributed by atoms with Crippen molar-refractivity contribution < 1.29 is 18.3 Å². The molecule has 1 aliphatic rings. The minimum atomic E-state index is -3.64. The van der Waals surface area contributed by atoms with E-state index in [2.05, 4.69) is 9.71 Å². The molecular weight excluding hydrogens is 330 g/mol. The molecular formula is C16H17N3O4S. The predicted molar refractivity (Wildman–Crippen MR) is 88.4 cm³/mol. The van der Waals surface area contributed by atoms with Gasteiger partial charge in [0.15, 0.2) is 5.03 Å². The number of aromatic nitrogens is 1. The van der Waals surface area contributed by atoms with E-state index < -0.39 is 10.0 Å². The van der Waals surface area contributed by atoms with Crippen LogP contribution in [-0.2, 0) is 10.0 Å². The number of hydrogen-bond acceptors (Lipinski definition) is 5. The molecule has 0 unspecified atom stereocenters. The molecule has 1 aromatic carbocycles. The Morgan fingerprint density at radius 1 is 1.33 bits per heavy atom. The van der Waals surface area contributed by atoms with E-state index in [9.17, 15) is 18.3 Å². The van der Waals surface area contributed by atoms with Crippen molar-refractivity contribution in [1.29, 1.82) is 0 Å². The Kier molecular flexibility index (Phi) is 4.35. The lowest BCUT2D eigenvalue weighted by atomic mass is 10.0. The van der Waals surface area contributed by atoms with Gasteiger partial charge in [-0.1, -0.05) is 18.2 Å². The number of nitrogens with zero attached hydrogens (tertiary/aromatic N) is 2. The fourth-order valence-corrected chi connectivity index (χ4v) is 3.42. The first kappa shape index (κ1) is 16.6. The number of fused-ring (bicyclic) bond motifs is 1. The van der Waals surface area contributed by atoms with Crippen molar-refractivity contribution in [2.45, 2.75) is 10.9 Å². The van der Waals surface area contributed by atoms with Crippen LogP contribution in [0.5, 0.6) is 0 Å². The van der Waals surface area contributed by atoms with Gasteiger partial charge in [0.25, 0.3) is 15.9 Å². The van der Waals surface area contributed by atoms with Crippen molar-refractivity contribution in [3.8, 4) is 0 Å². The molecule has 1 aliphatic heterocycles. The summed E-state index contributed by atoms with van der Waals surface area (Å²) in [6.07, 6.45) is 1.25. The number of carbonyl (C=O) groups is 1. The van der Waals surface area contributed by atoms with Gasteiger partial charge in [-0.15, -0.1) is 0 Å². The van der Waals surface area contributed by atoms with Gasteiger partial charge in [-0.2, -0.15) is 0 Å². The summed E-state index contributed by atoms with van der Waals surface area (Å²) in [5.74, 6) is -0.402. The molecule has 2 heterocycles. The monoisotopic (exact) mass is 347 g/mol. The molecule has 2 N–H and O–H groups in total. The van der Waals surface area contributed by atoms with E-state index in [0.29, 0.717) is 12.1 Å². The summed E-state index contributed by atoms with van der Waals surface area (Å²) in [6, 6.07) is 10.2. The highest BCUT2D eigenvalue weighted by Gasteiger charge is 2.32. The normalized spacial score (nSPS) is 16.9. The molecule has 3 rings (SSSR count). The lowest BCUT2D eigenvalue weighted by Gasteiger charge is -2.17. The van der Waals surface area contributed by atoms with Crippen LogP contribution >= 0.6 is 0 Å². The maximum atomic E-state index is 12.7. The highest BCUT2D eigenvalue weighted by atomic mass is 32.2. The molecule has 1 atom stereocenters. The van der Waals surface area contributed by atoms with Gasteiger partial charge < -0.3 is 10.0 Å². The van der Waals surface area contributed by atoms with Crippen LogP contribution in [0.1, 0.15) is 21.8 Å². The van der Waals surface area contributed by atoms with E-state index in [1.807, 2.05) is 24.3 Å². The summed E-state index contributed by atoms with van der Waals surface area (Å²) < 4.78 is 25.5. The lowest BCUT2D eigenvalue weighted by molar-refractivity contribution is 0.0986. The zero-order chi connectivity index (χ0) is 17.3. The van der Waals surface area contributed by atoms with Gasteiger partial charge in [0, 0.05) is 24.3 Å². The zero-order valence-corrected chi connectivity index (χ0v) is 13.8. The number of hydrogen-bond donors (Lipinski definition) is 2. The molecule has 0 spiro atoms. The van der Waals surface area contributed by atoms with E-state index in [-0.39, 0.29) is 23.5 Å². The molecule has 7 nitrogen and oxygen atoms in total. The number of rotatable bonds is 4. The first-order valence-corrected chi connectivity index (χ1v) is 8.87. The van der Waals surface area contributed by atoms with Crippen molar-refractivity contribution >= 4 is 21.6 Å². The Bertz CT molecular complexity index is 865. The standard InChI is InChI=1S/C16H17N3O4S/c1-17-24(22,23)15-7-6-11(8-18-15)16(21)19-9-12(10-20)13-4-2-3-5-14(13)19/h2-8,12,17,20H,9-10H2,1H3/t12-/m1/s1. The molecule has 0 aliphatic carbocycles. The summed E-state index contributed by atoms with van der Waals surface area (Å²) in [5, 5.41) is 9.37. The van der Waals surface area contributed by atoms with Crippen LogP contribution in [0, 0.1) is 0 Å². The van der Waals surface area contributed by atoms with Crippen molar-refractivity contribution in [1.82, 2.24) is 9.71 Å². The Morgan fingerprint density at radius 2 is 2.08 bits per heavy atom. The van der Waals surface area contributed by atoms with Crippen LogP contribution in [-0.4, -0.2) is 44.6 Å². The summed E-state index contributed by atoms with van der Waals surface area (Å²) in [6.45, 7) is 0.337. The van der Waals surface area contributed by atoms with E-state index in [1.165, 1.54) is 25.4 Å². The van der Waals surface area contributed by atoms with Crippen molar-refractivity contribution in [3.05, 3.63) is 53.7 Å². The minimum Gasteiger partial charge on any atom is -0.396 e. The molecule has 0 saturated carbocycles. The first-order valence-electron chi connectivity index (χ1n) is 7.39. The summed E-state index contributed by atoms with van der Waals surface area (Å²) >= 11 is 0.